The fraction of sp³-hybridized carbons (Fsp3) is 0.400. The molecular weight excluding hydrogens is 395 g/mol. The first-order valence-corrected chi connectivity index (χ1v) is 10.00. The van der Waals surface area contributed by atoms with Crippen molar-refractivity contribution in [2.45, 2.75) is 32.3 Å². The van der Waals surface area contributed by atoms with Crippen LogP contribution >= 0.6 is 9.24 Å². The first-order chi connectivity index (χ1) is 13.7. The molecule has 4 rings (SSSR count). The Bertz CT molecular complexity index is 1020. The van der Waals surface area contributed by atoms with Crippen molar-refractivity contribution in [3.8, 4) is 17.1 Å². The van der Waals surface area contributed by atoms with Crippen molar-refractivity contribution in [2.24, 2.45) is 14.1 Å². The minimum Gasteiger partial charge on any atom is -0.430 e. The first kappa shape index (κ1) is 20.0. The van der Waals surface area contributed by atoms with E-state index in [1.165, 1.54) is 32.8 Å². The molecular formula is C20H24F2N5OP. The van der Waals surface area contributed by atoms with Crippen molar-refractivity contribution in [2.75, 3.05) is 6.54 Å². The molecule has 3 aromatic rings. The van der Waals surface area contributed by atoms with E-state index < -0.39 is 5.85 Å². The molecule has 0 aliphatic carbocycles. The lowest BCUT2D eigenvalue weighted by molar-refractivity contribution is -0.0892. The van der Waals surface area contributed by atoms with E-state index in [0.29, 0.717) is 0 Å². The zero-order valence-electron chi connectivity index (χ0n) is 16.7. The van der Waals surface area contributed by atoms with E-state index in [9.17, 15) is 8.78 Å². The van der Waals surface area contributed by atoms with Crippen molar-refractivity contribution in [3.05, 3.63) is 53.1 Å². The summed E-state index contributed by atoms with van der Waals surface area (Å²) in [6.07, 6.45) is 0.875. The number of ether oxygens (including phenoxy) is 1. The highest BCUT2D eigenvalue weighted by atomic mass is 31.0. The highest BCUT2D eigenvalue weighted by Gasteiger charge is 2.25. The summed E-state index contributed by atoms with van der Waals surface area (Å²) in [4.78, 5) is 7.20. The summed E-state index contributed by atoms with van der Waals surface area (Å²) in [5.74, 6) is -2.33. The van der Waals surface area contributed by atoms with Gasteiger partial charge in [0.25, 0.3) is 0 Å². The lowest BCUT2D eigenvalue weighted by Crippen LogP contribution is -2.31. The third-order valence-electron chi connectivity index (χ3n) is 5.19. The van der Waals surface area contributed by atoms with E-state index in [-0.39, 0.29) is 5.75 Å². The second-order valence-electron chi connectivity index (χ2n) is 7.44. The Morgan fingerprint density at radius 2 is 1.93 bits per heavy atom. The number of hydrogen-bond donors (Lipinski definition) is 0. The third-order valence-corrected chi connectivity index (χ3v) is 5.30. The number of halogens is 2. The van der Waals surface area contributed by atoms with Crippen LogP contribution in [0.2, 0.25) is 0 Å². The van der Waals surface area contributed by atoms with E-state index >= 15 is 0 Å². The van der Waals surface area contributed by atoms with E-state index in [1.54, 1.807) is 12.1 Å². The number of aromatic nitrogens is 4. The van der Waals surface area contributed by atoms with Gasteiger partial charge in [-0.3, -0.25) is 9.58 Å². The van der Waals surface area contributed by atoms with Gasteiger partial charge in [0.15, 0.2) is 0 Å². The van der Waals surface area contributed by atoms with Gasteiger partial charge in [0.1, 0.15) is 11.6 Å². The summed E-state index contributed by atoms with van der Waals surface area (Å²) in [6, 6.07) is 8.72. The van der Waals surface area contributed by atoms with Gasteiger partial charge >= 0.3 is 5.85 Å². The molecule has 1 aromatic carbocycles. The molecule has 0 radical (unpaired) electrons. The summed E-state index contributed by atoms with van der Waals surface area (Å²) in [5, 5.41) is 4.43. The van der Waals surface area contributed by atoms with Crippen LogP contribution in [-0.4, -0.2) is 36.6 Å². The Balaban J connectivity index is 1.53. The van der Waals surface area contributed by atoms with Crippen LogP contribution in [0.3, 0.4) is 0 Å². The molecule has 0 amide bonds. The molecule has 9 heteroatoms. The van der Waals surface area contributed by atoms with E-state index in [4.69, 9.17) is 4.98 Å². The van der Waals surface area contributed by atoms with E-state index in [1.807, 2.05) is 25.7 Å². The minimum absolute atomic E-state index is 0.116. The van der Waals surface area contributed by atoms with Crippen molar-refractivity contribution in [1.29, 1.82) is 0 Å². The smallest absolute Gasteiger partial charge is 0.408 e. The van der Waals surface area contributed by atoms with Gasteiger partial charge in [0, 0.05) is 45.7 Å². The maximum absolute atomic E-state index is 13.0. The Hall–Kier alpha value is -2.31. The van der Waals surface area contributed by atoms with Crippen LogP contribution < -0.4 is 4.74 Å². The lowest BCUT2D eigenvalue weighted by Gasteiger charge is -2.26. The van der Waals surface area contributed by atoms with Crippen molar-refractivity contribution in [3.63, 3.8) is 0 Å². The van der Waals surface area contributed by atoms with Crippen molar-refractivity contribution >= 4 is 9.24 Å². The van der Waals surface area contributed by atoms with Crippen LogP contribution in [0.15, 0.2) is 30.3 Å². The molecule has 154 valence electrons. The monoisotopic (exact) mass is 419 g/mol. The standard InChI is InChI=1S/C20H24F2N5OP/c1-13-10-15(26(3)24-13)11-27-9-8-17-18(12-27)25(2)19(23-17)14-4-6-16(7-5-14)28-20(21,22)29/h4-7,10H,8-9,11-12,29H2,1-3H3. The molecule has 29 heavy (non-hydrogen) atoms. The van der Waals surface area contributed by atoms with Crippen molar-refractivity contribution in [1.82, 2.24) is 24.2 Å². The fourth-order valence-corrected chi connectivity index (χ4v) is 3.94. The van der Waals surface area contributed by atoms with Crippen LogP contribution in [0.5, 0.6) is 5.75 Å². The van der Waals surface area contributed by atoms with Crippen LogP contribution in [0.4, 0.5) is 8.78 Å². The average molecular weight is 419 g/mol. The Labute approximate surface area is 170 Å². The van der Waals surface area contributed by atoms with Gasteiger partial charge < -0.3 is 9.30 Å². The predicted molar refractivity (Wildman–Crippen MR) is 110 cm³/mol. The van der Waals surface area contributed by atoms with E-state index in [0.717, 1.165) is 48.8 Å². The molecule has 0 fully saturated rings. The van der Waals surface area contributed by atoms with Crippen LogP contribution in [-0.2, 0) is 33.6 Å². The highest BCUT2D eigenvalue weighted by Crippen LogP contribution is 2.30. The largest absolute Gasteiger partial charge is 0.430 e. The van der Waals surface area contributed by atoms with Crippen molar-refractivity contribution < 1.29 is 13.5 Å². The normalized spacial score (nSPS) is 14.8. The quantitative estimate of drug-likeness (QED) is 0.594. The van der Waals surface area contributed by atoms with Crippen LogP contribution in [0.1, 0.15) is 22.8 Å². The number of aryl methyl sites for hydroxylation is 2. The summed E-state index contributed by atoms with van der Waals surface area (Å²) in [6.45, 7) is 4.59. The van der Waals surface area contributed by atoms with Gasteiger partial charge in [-0.25, -0.2) is 4.98 Å². The molecule has 1 unspecified atom stereocenters. The number of nitrogens with zero attached hydrogens (tertiary/aromatic N) is 5. The molecule has 0 spiro atoms. The van der Waals surface area contributed by atoms with Crippen LogP contribution in [0.25, 0.3) is 11.4 Å². The van der Waals surface area contributed by atoms with Gasteiger partial charge in [0.2, 0.25) is 0 Å². The predicted octanol–water partition coefficient (Wildman–Crippen LogP) is 3.49. The Morgan fingerprint density at radius 1 is 1.21 bits per heavy atom. The zero-order valence-corrected chi connectivity index (χ0v) is 17.8. The summed E-state index contributed by atoms with van der Waals surface area (Å²) < 4.78 is 34.6. The van der Waals surface area contributed by atoms with Crippen LogP contribution in [0, 0.1) is 6.92 Å². The third kappa shape index (κ3) is 4.33. The number of imidazole rings is 1. The number of rotatable bonds is 5. The second-order valence-corrected chi connectivity index (χ2v) is 8.11. The molecule has 0 N–H and O–H groups in total. The average Bonchev–Trinajstić information content (AvgIpc) is 3.13. The number of benzene rings is 1. The number of hydrogen-bond acceptors (Lipinski definition) is 4. The molecule has 1 aliphatic heterocycles. The lowest BCUT2D eigenvalue weighted by atomic mass is 10.1. The van der Waals surface area contributed by atoms with Gasteiger partial charge in [-0.05, 0) is 46.5 Å². The molecule has 0 saturated carbocycles. The first-order valence-electron chi connectivity index (χ1n) is 9.42. The molecule has 0 bridgehead atoms. The minimum atomic E-state index is -3.28. The molecule has 1 atom stereocenters. The molecule has 3 heterocycles. The number of fused-ring (bicyclic) bond motifs is 1. The van der Waals surface area contributed by atoms with E-state index in [2.05, 4.69) is 25.4 Å². The van der Waals surface area contributed by atoms with Gasteiger partial charge in [-0.1, -0.05) is 0 Å². The highest BCUT2D eigenvalue weighted by molar-refractivity contribution is 7.17. The maximum atomic E-state index is 13.0. The number of alkyl halides is 2. The molecule has 2 aromatic heterocycles. The van der Waals surface area contributed by atoms with Gasteiger partial charge in [0.05, 0.1) is 22.8 Å². The SMILES string of the molecule is Cc1cc(CN2CCc3nc(-c4ccc(OC(F)(F)P)cc4)n(C)c3C2)n(C)n1. The summed E-state index contributed by atoms with van der Waals surface area (Å²) in [7, 11) is 5.35. The topological polar surface area (TPSA) is 48.1 Å². The molecule has 6 nitrogen and oxygen atoms in total. The summed E-state index contributed by atoms with van der Waals surface area (Å²) in [5.41, 5.74) is 5.36. The van der Waals surface area contributed by atoms with Gasteiger partial charge in [-0.15, -0.1) is 0 Å². The fourth-order valence-electron chi connectivity index (χ4n) is 3.80. The zero-order chi connectivity index (χ0) is 20.8. The summed E-state index contributed by atoms with van der Waals surface area (Å²) >= 11 is 0. The Kier molecular flexibility index (Phi) is 5.17. The second kappa shape index (κ2) is 7.50. The Morgan fingerprint density at radius 3 is 2.55 bits per heavy atom. The maximum Gasteiger partial charge on any atom is 0.408 e. The molecule has 0 saturated heterocycles. The van der Waals surface area contributed by atoms with Gasteiger partial charge in [-0.2, -0.15) is 13.9 Å². The molecule has 1 aliphatic rings.